The number of rotatable bonds is 5. The lowest BCUT2D eigenvalue weighted by Gasteiger charge is -2.14. The topological polar surface area (TPSA) is 65.7 Å². The van der Waals surface area contributed by atoms with Crippen molar-refractivity contribution in [3.05, 3.63) is 98.2 Å². The fraction of sp³-hybridized carbons (Fsp3) is 0.154. The number of aryl methyl sites for hydroxylation is 2. The molecule has 0 amide bonds. The Labute approximate surface area is 190 Å². The summed E-state index contributed by atoms with van der Waals surface area (Å²) in [7, 11) is 1.32. The number of fused-ring (bicyclic) bond motifs is 1. The summed E-state index contributed by atoms with van der Waals surface area (Å²) in [5.41, 5.74) is 3.84. The van der Waals surface area contributed by atoms with Gasteiger partial charge in [-0.15, -0.1) is 0 Å². The van der Waals surface area contributed by atoms with E-state index >= 15 is 0 Å². The van der Waals surface area contributed by atoms with E-state index in [-0.39, 0.29) is 23.5 Å². The Bertz CT molecular complexity index is 1390. The molecule has 4 rings (SSSR count). The van der Waals surface area contributed by atoms with Crippen LogP contribution in [-0.2, 0) is 11.3 Å². The van der Waals surface area contributed by atoms with Gasteiger partial charge in [0.05, 0.1) is 23.1 Å². The lowest BCUT2D eigenvalue weighted by Crippen LogP contribution is -2.11. The predicted molar refractivity (Wildman–Crippen MR) is 125 cm³/mol. The molecule has 0 fully saturated rings. The van der Waals surface area contributed by atoms with Crippen molar-refractivity contribution in [3.8, 4) is 17.1 Å². The van der Waals surface area contributed by atoms with Gasteiger partial charge in [-0.1, -0.05) is 35.9 Å². The first-order chi connectivity index (χ1) is 15.4. The number of carbonyl (C=O) groups excluding carboxylic acids is 1. The van der Waals surface area contributed by atoms with Crippen molar-refractivity contribution in [2.24, 2.45) is 0 Å². The fourth-order valence-electron chi connectivity index (χ4n) is 3.45. The molecule has 0 unspecified atom stereocenters. The Morgan fingerprint density at radius 2 is 1.75 bits per heavy atom. The van der Waals surface area contributed by atoms with Gasteiger partial charge in [-0.2, -0.15) is 0 Å². The summed E-state index contributed by atoms with van der Waals surface area (Å²) in [5.74, 6) is -0.113. The van der Waals surface area contributed by atoms with Crippen LogP contribution in [0.2, 0.25) is 5.02 Å². The maximum Gasteiger partial charge on any atom is 0.337 e. The molecule has 3 aromatic carbocycles. The number of halogens is 1. The lowest BCUT2D eigenvalue weighted by atomic mass is 10.0. The molecule has 4 aromatic rings. The average molecular weight is 449 g/mol. The molecule has 5 nitrogen and oxygen atoms in total. The Morgan fingerprint density at radius 1 is 1.00 bits per heavy atom. The van der Waals surface area contributed by atoms with Crippen molar-refractivity contribution >= 4 is 28.5 Å². The molecule has 0 saturated heterocycles. The summed E-state index contributed by atoms with van der Waals surface area (Å²) < 4.78 is 16.9. The van der Waals surface area contributed by atoms with Gasteiger partial charge in [0, 0.05) is 5.56 Å². The number of carbonyl (C=O) groups is 1. The number of hydrogen-bond donors (Lipinski definition) is 0. The minimum atomic E-state index is -0.445. The summed E-state index contributed by atoms with van der Waals surface area (Å²) in [6.45, 7) is 3.96. The molecular formula is C26H21ClO5. The molecule has 0 saturated carbocycles. The number of methoxy groups -OCH3 is 1. The van der Waals surface area contributed by atoms with Gasteiger partial charge in [0.1, 0.15) is 12.2 Å². The van der Waals surface area contributed by atoms with Gasteiger partial charge < -0.3 is 13.9 Å². The lowest BCUT2D eigenvalue weighted by molar-refractivity contribution is 0.0600. The largest absolute Gasteiger partial charge is 0.481 e. The second kappa shape index (κ2) is 8.89. The smallest absolute Gasteiger partial charge is 0.337 e. The summed E-state index contributed by atoms with van der Waals surface area (Å²) in [5, 5.41) is 0.874. The molecule has 6 heteroatoms. The van der Waals surface area contributed by atoms with E-state index in [0.717, 1.165) is 11.1 Å². The van der Waals surface area contributed by atoms with Gasteiger partial charge >= 0.3 is 5.97 Å². The van der Waals surface area contributed by atoms with Crippen LogP contribution in [0.25, 0.3) is 22.3 Å². The third-order valence-electron chi connectivity index (χ3n) is 5.31. The van der Waals surface area contributed by atoms with Gasteiger partial charge in [0.25, 0.3) is 0 Å². The molecule has 0 spiro atoms. The van der Waals surface area contributed by atoms with Crippen LogP contribution >= 0.6 is 11.6 Å². The first kappa shape index (κ1) is 21.7. The Kier molecular flexibility index (Phi) is 6.01. The van der Waals surface area contributed by atoms with E-state index in [0.29, 0.717) is 32.7 Å². The highest BCUT2D eigenvalue weighted by atomic mass is 35.5. The van der Waals surface area contributed by atoms with E-state index in [1.54, 1.807) is 48.5 Å². The molecule has 1 aromatic heterocycles. The van der Waals surface area contributed by atoms with Crippen LogP contribution in [0.1, 0.15) is 27.0 Å². The second-order valence-corrected chi connectivity index (χ2v) is 7.89. The summed E-state index contributed by atoms with van der Waals surface area (Å²) in [6, 6.07) is 17.6. The third kappa shape index (κ3) is 4.12. The van der Waals surface area contributed by atoms with Crippen LogP contribution in [0.5, 0.6) is 5.75 Å². The number of ether oxygens (including phenoxy) is 2. The third-order valence-corrected chi connectivity index (χ3v) is 5.64. The Balaban J connectivity index is 1.84. The zero-order valence-corrected chi connectivity index (χ0v) is 18.7. The first-order valence-electron chi connectivity index (χ1n) is 10.0. The molecule has 0 bridgehead atoms. The zero-order chi connectivity index (χ0) is 22.8. The highest BCUT2D eigenvalue weighted by Gasteiger charge is 2.20. The second-order valence-electron chi connectivity index (χ2n) is 7.48. The van der Waals surface area contributed by atoms with Crippen molar-refractivity contribution in [1.82, 2.24) is 0 Å². The van der Waals surface area contributed by atoms with Crippen LogP contribution in [0.3, 0.4) is 0 Å². The van der Waals surface area contributed by atoms with Crippen molar-refractivity contribution in [2.75, 3.05) is 7.11 Å². The standard InChI is InChI=1S/C26H21ClO5/c1-15-11-20-22(12-16(15)2)32-24(19-9-4-5-10-21(19)27)25(23(20)28)31-14-17-7-6-8-18(13-17)26(29)30-3/h4-13H,14H2,1-3H3. The summed E-state index contributed by atoms with van der Waals surface area (Å²) in [4.78, 5) is 25.3. The van der Waals surface area contributed by atoms with Crippen LogP contribution in [0, 0.1) is 13.8 Å². The van der Waals surface area contributed by atoms with Gasteiger partial charge in [-0.3, -0.25) is 4.79 Å². The van der Waals surface area contributed by atoms with Gasteiger partial charge in [0.15, 0.2) is 5.76 Å². The predicted octanol–water partition coefficient (Wildman–Crippen LogP) is 6.10. The van der Waals surface area contributed by atoms with Crippen molar-refractivity contribution < 1.29 is 18.7 Å². The Morgan fingerprint density at radius 3 is 2.50 bits per heavy atom. The van der Waals surface area contributed by atoms with Gasteiger partial charge in [0.2, 0.25) is 11.2 Å². The van der Waals surface area contributed by atoms with E-state index in [1.165, 1.54) is 7.11 Å². The molecule has 0 aliphatic rings. The molecule has 0 aliphatic heterocycles. The molecule has 0 N–H and O–H groups in total. The normalized spacial score (nSPS) is 10.9. The van der Waals surface area contributed by atoms with E-state index in [9.17, 15) is 9.59 Å². The summed E-state index contributed by atoms with van der Waals surface area (Å²) in [6.07, 6.45) is 0. The minimum absolute atomic E-state index is 0.0589. The monoisotopic (exact) mass is 448 g/mol. The fourth-order valence-corrected chi connectivity index (χ4v) is 3.67. The molecule has 0 radical (unpaired) electrons. The van der Waals surface area contributed by atoms with E-state index in [4.69, 9.17) is 25.5 Å². The highest BCUT2D eigenvalue weighted by Crippen LogP contribution is 2.36. The molecule has 0 atom stereocenters. The maximum atomic E-state index is 13.4. The van der Waals surface area contributed by atoms with Crippen molar-refractivity contribution in [3.63, 3.8) is 0 Å². The molecule has 162 valence electrons. The molecular weight excluding hydrogens is 428 g/mol. The Hall–Kier alpha value is -3.57. The zero-order valence-electron chi connectivity index (χ0n) is 17.9. The van der Waals surface area contributed by atoms with Crippen LogP contribution < -0.4 is 10.2 Å². The van der Waals surface area contributed by atoms with Crippen LogP contribution in [0.4, 0.5) is 0 Å². The minimum Gasteiger partial charge on any atom is -0.481 e. The number of esters is 1. The van der Waals surface area contributed by atoms with Gasteiger partial charge in [-0.25, -0.2) is 4.79 Å². The SMILES string of the molecule is COC(=O)c1cccc(COc2c(-c3ccccc3Cl)oc3cc(C)c(C)cc3c2=O)c1. The van der Waals surface area contributed by atoms with Crippen LogP contribution in [-0.4, -0.2) is 13.1 Å². The summed E-state index contributed by atoms with van der Waals surface area (Å²) >= 11 is 6.41. The van der Waals surface area contributed by atoms with Gasteiger partial charge in [-0.05, 0) is 66.9 Å². The van der Waals surface area contributed by atoms with Crippen molar-refractivity contribution in [2.45, 2.75) is 20.5 Å². The number of benzene rings is 3. The molecule has 1 heterocycles. The molecule has 0 aliphatic carbocycles. The first-order valence-corrected chi connectivity index (χ1v) is 10.4. The van der Waals surface area contributed by atoms with E-state index in [2.05, 4.69) is 0 Å². The van der Waals surface area contributed by atoms with Crippen molar-refractivity contribution in [1.29, 1.82) is 0 Å². The highest BCUT2D eigenvalue weighted by molar-refractivity contribution is 6.33. The van der Waals surface area contributed by atoms with E-state index in [1.807, 2.05) is 26.0 Å². The maximum absolute atomic E-state index is 13.4. The average Bonchev–Trinajstić information content (AvgIpc) is 2.80. The molecule has 32 heavy (non-hydrogen) atoms. The van der Waals surface area contributed by atoms with Crippen LogP contribution in [0.15, 0.2) is 69.9 Å². The van der Waals surface area contributed by atoms with E-state index < -0.39 is 5.97 Å². The quantitative estimate of drug-likeness (QED) is 0.345. The number of hydrogen-bond acceptors (Lipinski definition) is 5.